The Kier molecular flexibility index (Phi) is 13.0. The molecule has 4 N–H and O–H groups in total. The van der Waals surface area contributed by atoms with E-state index in [1.165, 1.54) is 7.11 Å². The van der Waals surface area contributed by atoms with Crippen molar-refractivity contribution in [2.24, 2.45) is 11.8 Å². The van der Waals surface area contributed by atoms with Gasteiger partial charge < -0.3 is 39.1 Å². The molecule has 9 heteroatoms. The molecule has 0 aromatic carbocycles. The van der Waals surface area contributed by atoms with Gasteiger partial charge in [-0.15, -0.1) is 0 Å². The fourth-order valence-electron chi connectivity index (χ4n) is 4.58. The Morgan fingerprint density at radius 1 is 1.07 bits per heavy atom. The summed E-state index contributed by atoms with van der Waals surface area (Å²) in [4.78, 5) is 12.4. The maximum Gasteiger partial charge on any atom is 0.291 e. The van der Waals surface area contributed by atoms with Gasteiger partial charge in [0.15, 0.2) is 11.7 Å². The average Bonchev–Trinajstić information content (AvgIpc) is 2.93. The molecule has 1 aliphatic heterocycles. The van der Waals surface area contributed by atoms with E-state index in [2.05, 4.69) is 19.1 Å². The van der Waals surface area contributed by atoms with Crippen molar-refractivity contribution in [1.82, 2.24) is 0 Å². The van der Waals surface area contributed by atoms with Crippen LogP contribution in [0.15, 0.2) is 50.7 Å². The van der Waals surface area contributed by atoms with Gasteiger partial charge in [-0.2, -0.15) is 0 Å². The van der Waals surface area contributed by atoms with Crippen LogP contribution >= 0.6 is 0 Å². The molecule has 1 aromatic rings. The lowest BCUT2D eigenvalue weighted by Gasteiger charge is -2.41. The molecule has 2 rings (SSSR count). The minimum atomic E-state index is -1.50. The number of rotatable bonds is 12. The molecule has 40 heavy (non-hydrogen) atoms. The van der Waals surface area contributed by atoms with Crippen molar-refractivity contribution in [3.05, 3.63) is 68.6 Å². The van der Waals surface area contributed by atoms with Gasteiger partial charge in [-0.3, -0.25) is 4.79 Å². The van der Waals surface area contributed by atoms with Crippen LogP contribution in [0.25, 0.3) is 6.08 Å². The van der Waals surface area contributed by atoms with Crippen LogP contribution in [0.3, 0.4) is 0 Å². The molecule has 8 atom stereocenters. The molecule has 0 amide bonds. The van der Waals surface area contributed by atoms with Crippen LogP contribution in [0.2, 0.25) is 0 Å². The van der Waals surface area contributed by atoms with Gasteiger partial charge in [0.1, 0.15) is 30.2 Å². The summed E-state index contributed by atoms with van der Waals surface area (Å²) < 4.78 is 22.5. The zero-order chi connectivity index (χ0) is 30.1. The second-order valence-corrected chi connectivity index (χ2v) is 10.6. The third kappa shape index (κ3) is 8.49. The highest BCUT2D eigenvalue weighted by Gasteiger charge is 2.45. The van der Waals surface area contributed by atoms with Crippen molar-refractivity contribution < 1.29 is 39.1 Å². The van der Waals surface area contributed by atoms with Crippen molar-refractivity contribution in [2.75, 3.05) is 13.7 Å². The average molecular weight is 563 g/mol. The fraction of sp³-hybridized carbons (Fsp3) is 0.581. The maximum atomic E-state index is 12.4. The second-order valence-electron chi connectivity index (χ2n) is 10.6. The van der Waals surface area contributed by atoms with Crippen LogP contribution in [0.1, 0.15) is 57.9 Å². The molecule has 1 aromatic heterocycles. The molecule has 0 bridgehead atoms. The van der Waals surface area contributed by atoms with E-state index in [1.54, 1.807) is 13.8 Å². The second kappa shape index (κ2) is 15.5. The smallest absolute Gasteiger partial charge is 0.291 e. The van der Waals surface area contributed by atoms with Crippen molar-refractivity contribution in [1.29, 1.82) is 0 Å². The van der Waals surface area contributed by atoms with Gasteiger partial charge >= 0.3 is 0 Å². The Morgan fingerprint density at radius 2 is 1.75 bits per heavy atom. The summed E-state index contributed by atoms with van der Waals surface area (Å²) >= 11 is 0. The van der Waals surface area contributed by atoms with Crippen LogP contribution in [-0.2, 0) is 9.47 Å². The summed E-state index contributed by atoms with van der Waals surface area (Å²) in [5.74, 6) is 0.775. The number of aliphatic hydroxyl groups is 4. The molecular weight excluding hydrogens is 516 g/mol. The maximum absolute atomic E-state index is 12.4. The van der Waals surface area contributed by atoms with Crippen LogP contribution in [0, 0.1) is 25.7 Å². The molecule has 0 radical (unpaired) electrons. The molecule has 3 unspecified atom stereocenters. The Labute approximate surface area is 237 Å². The van der Waals surface area contributed by atoms with Crippen LogP contribution in [0.5, 0.6) is 5.95 Å². The zero-order valence-electron chi connectivity index (χ0n) is 24.8. The SMILES string of the molecule is C/C=C(/C)C(O[C@@H]1O[C@H](CO)[C@@H](O)[C@H](O)[C@H]1O)C(C)/C=C(C)/C=C/CC(C)/C=C/c1oc(OC)c(C)c(=O)c1C. The third-order valence-corrected chi connectivity index (χ3v) is 7.25. The molecule has 1 saturated heterocycles. The summed E-state index contributed by atoms with van der Waals surface area (Å²) in [7, 11) is 1.47. The van der Waals surface area contributed by atoms with E-state index in [0.29, 0.717) is 16.9 Å². The number of hydrogen-bond donors (Lipinski definition) is 4. The van der Waals surface area contributed by atoms with E-state index in [-0.39, 0.29) is 23.2 Å². The lowest BCUT2D eigenvalue weighted by molar-refractivity contribution is -0.310. The number of allylic oxidation sites excluding steroid dienone is 5. The summed E-state index contributed by atoms with van der Waals surface area (Å²) in [6, 6.07) is 0. The fourth-order valence-corrected chi connectivity index (χ4v) is 4.58. The van der Waals surface area contributed by atoms with E-state index < -0.39 is 43.4 Å². The van der Waals surface area contributed by atoms with Gasteiger partial charge in [-0.25, -0.2) is 0 Å². The number of methoxy groups -OCH3 is 1. The first kappa shape index (κ1) is 33.7. The number of hydrogen-bond acceptors (Lipinski definition) is 9. The van der Waals surface area contributed by atoms with E-state index in [0.717, 1.165) is 17.6 Å². The quantitative estimate of drug-likeness (QED) is 0.222. The molecule has 0 spiro atoms. The summed E-state index contributed by atoms with van der Waals surface area (Å²) in [6.07, 6.45) is 5.50. The zero-order valence-corrected chi connectivity index (χ0v) is 24.8. The Bertz CT molecular complexity index is 1140. The molecular formula is C31H46O9. The molecule has 2 heterocycles. The normalized spacial score (nSPS) is 26.9. The lowest BCUT2D eigenvalue weighted by Crippen LogP contribution is -2.60. The molecule has 224 valence electrons. The summed E-state index contributed by atoms with van der Waals surface area (Å²) in [5.41, 5.74) is 2.83. The van der Waals surface area contributed by atoms with Crippen LogP contribution in [0.4, 0.5) is 0 Å². The number of aliphatic hydroxyl groups excluding tert-OH is 4. The molecule has 1 fully saturated rings. The van der Waals surface area contributed by atoms with Gasteiger partial charge in [0.25, 0.3) is 5.95 Å². The van der Waals surface area contributed by atoms with Gasteiger partial charge in [0.05, 0.1) is 25.4 Å². The molecule has 0 aliphatic carbocycles. The summed E-state index contributed by atoms with van der Waals surface area (Å²) in [5, 5.41) is 40.1. The van der Waals surface area contributed by atoms with Gasteiger partial charge in [0.2, 0.25) is 0 Å². The van der Waals surface area contributed by atoms with Crippen molar-refractivity contribution >= 4 is 6.08 Å². The van der Waals surface area contributed by atoms with Gasteiger partial charge in [-0.05, 0) is 58.6 Å². The lowest BCUT2D eigenvalue weighted by atomic mass is 9.94. The van der Waals surface area contributed by atoms with Crippen molar-refractivity contribution in [3.63, 3.8) is 0 Å². The molecule has 1 aliphatic rings. The Hall–Kier alpha value is -2.53. The predicted molar refractivity (Wildman–Crippen MR) is 154 cm³/mol. The molecule has 9 nitrogen and oxygen atoms in total. The standard InChI is InChI=1S/C31H46O9/c1-9-19(4)29(40-31-28(36)27(35)26(34)24(16-32)39-31)20(5)15-18(3)12-10-11-17(2)13-14-23-21(6)25(33)22(7)30(37-8)38-23/h9-10,12-15,17,20,24,26-29,31-32,34-36H,11,16H2,1-8H3/b12-10+,14-13+,18-15+,19-9-/t17?,20?,24-,26-,27+,28-,29?,31+/m1/s1. The first-order chi connectivity index (χ1) is 18.9. The Balaban J connectivity index is 2.07. The van der Waals surface area contributed by atoms with Gasteiger partial charge in [0, 0.05) is 11.5 Å². The highest BCUT2D eigenvalue weighted by molar-refractivity contribution is 5.49. The first-order valence-electron chi connectivity index (χ1n) is 13.7. The minimum Gasteiger partial charge on any atom is -0.468 e. The van der Waals surface area contributed by atoms with Crippen LogP contribution in [-0.4, -0.2) is 71.0 Å². The van der Waals surface area contributed by atoms with E-state index in [1.807, 2.05) is 52.0 Å². The highest BCUT2D eigenvalue weighted by atomic mass is 16.7. The first-order valence-corrected chi connectivity index (χ1v) is 13.7. The highest BCUT2D eigenvalue weighted by Crippen LogP contribution is 2.28. The number of ether oxygens (including phenoxy) is 3. The van der Waals surface area contributed by atoms with Gasteiger partial charge in [-0.1, -0.05) is 49.8 Å². The Morgan fingerprint density at radius 3 is 2.35 bits per heavy atom. The summed E-state index contributed by atoms with van der Waals surface area (Å²) in [6.45, 7) is 12.7. The van der Waals surface area contributed by atoms with E-state index >= 15 is 0 Å². The van der Waals surface area contributed by atoms with Crippen molar-refractivity contribution in [2.45, 2.75) is 91.7 Å². The largest absolute Gasteiger partial charge is 0.468 e. The topological polar surface area (TPSA) is 139 Å². The predicted octanol–water partition coefficient (Wildman–Crippen LogP) is 3.59. The monoisotopic (exact) mass is 562 g/mol. The minimum absolute atomic E-state index is 0.0906. The van der Waals surface area contributed by atoms with Crippen LogP contribution < -0.4 is 10.2 Å². The third-order valence-electron chi connectivity index (χ3n) is 7.25. The molecule has 0 saturated carbocycles. The van der Waals surface area contributed by atoms with E-state index in [9.17, 15) is 25.2 Å². The van der Waals surface area contributed by atoms with E-state index in [4.69, 9.17) is 18.6 Å². The van der Waals surface area contributed by atoms with Crippen molar-refractivity contribution in [3.8, 4) is 5.95 Å².